The molecular weight excluding hydrogens is 218 g/mol. The molecular formula is C6H13AsCl2. The van der Waals surface area contributed by atoms with Gasteiger partial charge in [0.05, 0.1) is 0 Å². The van der Waals surface area contributed by atoms with E-state index in [2.05, 4.69) is 16.9 Å². The Bertz CT molecular complexity index is 53.0. The molecule has 0 aromatic heterocycles. The molecule has 0 heterocycles. The molecule has 56 valence electrons. The molecule has 3 heteroatoms. The first kappa shape index (κ1) is 12.8. The van der Waals surface area contributed by atoms with Gasteiger partial charge in [-0.05, 0) is 0 Å². The number of hydrogen-bond acceptors (Lipinski definition) is 0. The average molecular weight is 231 g/mol. The van der Waals surface area contributed by atoms with Crippen LogP contribution < -0.4 is 0 Å². The molecule has 1 aliphatic rings. The zero-order valence-corrected chi connectivity index (χ0v) is 8.89. The van der Waals surface area contributed by atoms with Gasteiger partial charge in [0.1, 0.15) is 0 Å². The summed E-state index contributed by atoms with van der Waals surface area (Å²) in [4.78, 5) is 0. The van der Waals surface area contributed by atoms with Gasteiger partial charge in [-0.2, -0.15) is 0 Å². The summed E-state index contributed by atoms with van der Waals surface area (Å²) in [5.74, 6) is 0. The van der Waals surface area contributed by atoms with Crippen LogP contribution >= 0.6 is 24.8 Å². The fourth-order valence-corrected chi connectivity index (χ4v) is 1.85. The van der Waals surface area contributed by atoms with Gasteiger partial charge in [0, 0.05) is 0 Å². The average Bonchev–Trinajstić information content (AvgIpc) is 1.69. The fraction of sp³-hybridized carbons (Fsp3) is 1.00. The van der Waals surface area contributed by atoms with E-state index >= 15 is 0 Å². The van der Waals surface area contributed by atoms with Gasteiger partial charge < -0.3 is 0 Å². The Kier molecular flexibility index (Phi) is 10.3. The fourth-order valence-electron chi connectivity index (χ4n) is 1.08. The molecule has 0 saturated heterocycles. The van der Waals surface area contributed by atoms with E-state index in [-0.39, 0.29) is 24.8 Å². The van der Waals surface area contributed by atoms with Crippen molar-refractivity contribution in [3.63, 3.8) is 0 Å². The summed E-state index contributed by atoms with van der Waals surface area (Å²) in [5, 5.41) is 0. The van der Waals surface area contributed by atoms with E-state index in [1.165, 1.54) is 32.1 Å². The second-order valence-electron chi connectivity index (χ2n) is 2.29. The second-order valence-corrected chi connectivity index (χ2v) is 3.82. The monoisotopic (exact) mass is 230 g/mol. The normalized spacial score (nSPS) is 19.7. The molecule has 0 spiro atoms. The molecule has 0 aliphatic heterocycles. The Hall–Kier alpha value is 1.14. The van der Waals surface area contributed by atoms with Crippen molar-refractivity contribution in [3.05, 3.63) is 0 Å². The summed E-state index contributed by atoms with van der Waals surface area (Å²) in [5.41, 5.74) is 0. The minimum atomic E-state index is 0. The summed E-state index contributed by atoms with van der Waals surface area (Å²) >= 11 is 2.77. The van der Waals surface area contributed by atoms with Crippen LogP contribution in [-0.2, 0) is 0 Å². The van der Waals surface area contributed by atoms with Crippen LogP contribution in [0.5, 0.6) is 0 Å². The first-order valence-corrected chi connectivity index (χ1v) is 4.16. The molecule has 9 heavy (non-hydrogen) atoms. The molecule has 1 saturated carbocycles. The summed E-state index contributed by atoms with van der Waals surface area (Å²) < 4.78 is 0.973. The van der Waals surface area contributed by atoms with Crippen LogP contribution in [0.15, 0.2) is 0 Å². The van der Waals surface area contributed by atoms with Crippen molar-refractivity contribution >= 4 is 41.7 Å². The standard InChI is InChI=1S/C6H11As.2ClH/c7-6-4-2-1-3-5-6;;/h6H,1-5H2;2*1H. The third-order valence-corrected chi connectivity index (χ3v) is 2.66. The molecule has 0 N–H and O–H groups in total. The van der Waals surface area contributed by atoms with E-state index in [4.69, 9.17) is 0 Å². The topological polar surface area (TPSA) is 0 Å². The summed E-state index contributed by atoms with van der Waals surface area (Å²) in [6.07, 6.45) is 7.34. The quantitative estimate of drug-likeness (QED) is 0.562. The predicted molar refractivity (Wildman–Crippen MR) is 47.1 cm³/mol. The van der Waals surface area contributed by atoms with Gasteiger partial charge in [0.25, 0.3) is 0 Å². The van der Waals surface area contributed by atoms with Crippen LogP contribution in [0.25, 0.3) is 0 Å². The Morgan fingerprint density at radius 1 is 0.889 bits per heavy atom. The predicted octanol–water partition coefficient (Wildman–Crippen LogP) is 2.75. The maximum absolute atomic E-state index is 2.77. The van der Waals surface area contributed by atoms with Crippen molar-refractivity contribution in [1.82, 2.24) is 0 Å². The summed E-state index contributed by atoms with van der Waals surface area (Å²) in [6.45, 7) is 0. The molecule has 1 fully saturated rings. The Labute approximate surface area is 78.5 Å². The minimum absolute atomic E-state index is 0. The molecule has 1 rings (SSSR count). The van der Waals surface area contributed by atoms with Crippen molar-refractivity contribution in [1.29, 1.82) is 0 Å². The number of hydrogen-bond donors (Lipinski definition) is 0. The van der Waals surface area contributed by atoms with Crippen LogP contribution in [0.2, 0.25) is 4.71 Å². The van der Waals surface area contributed by atoms with Gasteiger partial charge in [-0.15, -0.1) is 24.8 Å². The zero-order chi connectivity index (χ0) is 5.11. The number of rotatable bonds is 0. The van der Waals surface area contributed by atoms with Crippen LogP contribution in [0, 0.1) is 0 Å². The molecule has 0 aromatic rings. The molecule has 2 radical (unpaired) electrons. The molecule has 0 amide bonds. The Morgan fingerprint density at radius 3 is 1.56 bits per heavy atom. The van der Waals surface area contributed by atoms with Crippen molar-refractivity contribution in [2.24, 2.45) is 0 Å². The van der Waals surface area contributed by atoms with Gasteiger partial charge in [-0.25, -0.2) is 0 Å². The van der Waals surface area contributed by atoms with Crippen LogP contribution in [0.4, 0.5) is 0 Å². The maximum atomic E-state index is 2.77. The molecule has 0 unspecified atom stereocenters. The SMILES string of the molecule is Cl.Cl.[As]C1CCCCC1. The van der Waals surface area contributed by atoms with Crippen molar-refractivity contribution < 1.29 is 0 Å². The van der Waals surface area contributed by atoms with E-state index in [1.54, 1.807) is 0 Å². The van der Waals surface area contributed by atoms with Gasteiger partial charge in [-0.1, -0.05) is 0 Å². The van der Waals surface area contributed by atoms with Crippen molar-refractivity contribution in [2.75, 3.05) is 0 Å². The number of halogens is 2. The molecule has 1 aliphatic carbocycles. The molecule has 0 aromatic carbocycles. The second kappa shape index (κ2) is 7.25. The van der Waals surface area contributed by atoms with E-state index in [1.807, 2.05) is 0 Å². The van der Waals surface area contributed by atoms with Gasteiger partial charge in [-0.3, -0.25) is 0 Å². The van der Waals surface area contributed by atoms with Crippen LogP contribution in [0.3, 0.4) is 0 Å². The third kappa shape index (κ3) is 5.58. The van der Waals surface area contributed by atoms with E-state index < -0.39 is 0 Å². The molecule has 0 bridgehead atoms. The van der Waals surface area contributed by atoms with Crippen molar-refractivity contribution in [3.8, 4) is 0 Å². The van der Waals surface area contributed by atoms with Crippen LogP contribution in [-0.4, -0.2) is 16.9 Å². The van der Waals surface area contributed by atoms with Gasteiger partial charge in [0.2, 0.25) is 0 Å². The van der Waals surface area contributed by atoms with E-state index in [0.717, 1.165) is 4.71 Å². The third-order valence-electron chi connectivity index (χ3n) is 1.57. The summed E-state index contributed by atoms with van der Waals surface area (Å²) in [7, 11) is 0. The first-order chi connectivity index (χ1) is 3.39. The molecule has 0 nitrogen and oxygen atoms in total. The molecule has 0 atom stereocenters. The Morgan fingerprint density at radius 2 is 1.33 bits per heavy atom. The van der Waals surface area contributed by atoms with E-state index in [0.29, 0.717) is 0 Å². The van der Waals surface area contributed by atoms with Crippen molar-refractivity contribution in [2.45, 2.75) is 36.8 Å². The van der Waals surface area contributed by atoms with Gasteiger partial charge in [0.15, 0.2) is 0 Å². The van der Waals surface area contributed by atoms with E-state index in [9.17, 15) is 0 Å². The van der Waals surface area contributed by atoms with Crippen LogP contribution in [0.1, 0.15) is 32.1 Å². The van der Waals surface area contributed by atoms with Gasteiger partial charge >= 0.3 is 53.7 Å². The Balaban J connectivity index is 0. The first-order valence-electron chi connectivity index (χ1n) is 3.07. The zero-order valence-electron chi connectivity index (χ0n) is 5.38. The summed E-state index contributed by atoms with van der Waals surface area (Å²) in [6, 6.07) is 0.